The van der Waals surface area contributed by atoms with Gasteiger partial charge in [0.15, 0.2) is 5.82 Å². The predicted octanol–water partition coefficient (Wildman–Crippen LogP) is 4.19. The Morgan fingerprint density at radius 1 is 0.727 bits per heavy atom. The first-order chi connectivity index (χ1) is 21.3. The Labute approximate surface area is 255 Å². The van der Waals surface area contributed by atoms with E-state index >= 15 is 0 Å². The zero-order valence-electron chi connectivity index (χ0n) is 25.4. The maximum atomic E-state index is 6.05. The lowest BCUT2D eigenvalue weighted by Gasteiger charge is -2.16. The first kappa shape index (κ1) is 31.3. The van der Waals surface area contributed by atoms with Crippen LogP contribution in [0.3, 0.4) is 0 Å². The van der Waals surface area contributed by atoms with E-state index < -0.39 is 0 Å². The summed E-state index contributed by atoms with van der Waals surface area (Å²) in [6, 6.07) is 18.6. The number of nitrogens with zero attached hydrogens (tertiary/aromatic N) is 6. The molecule has 0 saturated heterocycles. The van der Waals surface area contributed by atoms with Crippen LogP contribution in [0.25, 0.3) is 17.1 Å². The van der Waals surface area contributed by atoms with Crippen LogP contribution >= 0.6 is 0 Å². The van der Waals surface area contributed by atoms with Gasteiger partial charge in [-0.05, 0) is 62.4 Å². The maximum Gasteiger partial charge on any atom is 0.227 e. The van der Waals surface area contributed by atoms with Crippen molar-refractivity contribution in [1.29, 1.82) is 0 Å². The van der Waals surface area contributed by atoms with Crippen molar-refractivity contribution in [2.24, 2.45) is 10.8 Å². The number of nitrogen functional groups attached to an aromatic ring is 1. The number of hydrogen-bond acceptors (Lipinski definition) is 11. The van der Waals surface area contributed by atoms with E-state index in [0.717, 1.165) is 22.5 Å². The molecule has 3 heterocycles. The minimum Gasteiger partial charge on any atom is -0.494 e. The molecule has 2 aromatic carbocycles. The maximum absolute atomic E-state index is 6.05. The van der Waals surface area contributed by atoms with Crippen molar-refractivity contribution >= 4 is 17.5 Å². The SMILES string of the molecule is COc1cccc(OC)c1-n1c(N)nnc1-c1ccc(C)nc1.COc1cccc(OC)c1N=C(NN)c1ccc(C)nc1. The van der Waals surface area contributed by atoms with Crippen molar-refractivity contribution in [3.05, 3.63) is 90.0 Å². The number of aliphatic imine (C=N–C) groups is 1. The molecule has 5 rings (SSSR count). The van der Waals surface area contributed by atoms with Crippen LogP contribution in [-0.4, -0.2) is 59.0 Å². The average Bonchev–Trinajstić information content (AvgIpc) is 3.44. The molecule has 0 bridgehead atoms. The Morgan fingerprint density at radius 2 is 1.27 bits per heavy atom. The number of aromatic nitrogens is 5. The summed E-state index contributed by atoms with van der Waals surface area (Å²) >= 11 is 0. The molecule has 5 aromatic rings. The summed E-state index contributed by atoms with van der Waals surface area (Å²) in [5.74, 6) is 9.28. The number of ether oxygens (including phenoxy) is 4. The van der Waals surface area contributed by atoms with Crippen molar-refractivity contribution in [2.75, 3.05) is 34.2 Å². The summed E-state index contributed by atoms with van der Waals surface area (Å²) in [7, 11) is 6.34. The van der Waals surface area contributed by atoms with E-state index in [9.17, 15) is 0 Å². The minimum absolute atomic E-state index is 0.239. The highest BCUT2D eigenvalue weighted by Crippen LogP contribution is 2.38. The summed E-state index contributed by atoms with van der Waals surface area (Å²) in [5.41, 5.74) is 13.3. The van der Waals surface area contributed by atoms with Gasteiger partial charge in [-0.2, -0.15) is 0 Å². The van der Waals surface area contributed by atoms with Gasteiger partial charge in [-0.15, -0.1) is 10.2 Å². The van der Waals surface area contributed by atoms with Gasteiger partial charge in [-0.25, -0.2) is 10.8 Å². The lowest BCUT2D eigenvalue weighted by Crippen LogP contribution is -2.31. The molecule has 0 aliphatic carbocycles. The van der Waals surface area contributed by atoms with E-state index in [4.69, 9.17) is 30.5 Å². The molecule has 13 heteroatoms. The highest BCUT2D eigenvalue weighted by atomic mass is 16.5. The molecule has 0 fully saturated rings. The molecule has 228 valence electrons. The molecule has 13 nitrogen and oxygen atoms in total. The van der Waals surface area contributed by atoms with E-state index in [-0.39, 0.29) is 5.95 Å². The molecule has 0 unspecified atom stereocenters. The fraction of sp³-hybridized carbons (Fsp3) is 0.194. The molecule has 3 aromatic heterocycles. The van der Waals surface area contributed by atoms with Gasteiger partial charge in [0.25, 0.3) is 0 Å². The Kier molecular flexibility index (Phi) is 10.3. The molecular formula is C31H35N9O4. The highest BCUT2D eigenvalue weighted by molar-refractivity contribution is 6.00. The quantitative estimate of drug-likeness (QED) is 0.101. The zero-order chi connectivity index (χ0) is 31.6. The van der Waals surface area contributed by atoms with Gasteiger partial charge in [0, 0.05) is 34.9 Å². The number of methoxy groups -OCH3 is 4. The second-order valence-corrected chi connectivity index (χ2v) is 9.22. The summed E-state index contributed by atoms with van der Waals surface area (Å²) in [6.07, 6.45) is 3.44. The number of hydrogen-bond donors (Lipinski definition) is 3. The van der Waals surface area contributed by atoms with Crippen LogP contribution in [0.2, 0.25) is 0 Å². The van der Waals surface area contributed by atoms with E-state index in [1.807, 2.05) is 74.5 Å². The lowest BCUT2D eigenvalue weighted by molar-refractivity contribution is 0.391. The topological polar surface area (TPSA) is 170 Å². The van der Waals surface area contributed by atoms with Gasteiger partial charge in [-0.3, -0.25) is 14.5 Å². The van der Waals surface area contributed by atoms with Crippen molar-refractivity contribution < 1.29 is 18.9 Å². The number of anilines is 1. The third-order valence-corrected chi connectivity index (χ3v) is 6.43. The molecule has 44 heavy (non-hydrogen) atoms. The number of hydrazine groups is 1. The van der Waals surface area contributed by atoms with Crippen molar-refractivity contribution in [1.82, 2.24) is 30.2 Å². The smallest absolute Gasteiger partial charge is 0.227 e. The average molecular weight is 598 g/mol. The third kappa shape index (κ3) is 6.85. The van der Waals surface area contributed by atoms with Gasteiger partial charge in [0.2, 0.25) is 5.95 Å². The Hall–Kier alpha value is -5.69. The van der Waals surface area contributed by atoms with Gasteiger partial charge >= 0.3 is 0 Å². The zero-order valence-corrected chi connectivity index (χ0v) is 25.4. The van der Waals surface area contributed by atoms with Gasteiger partial charge < -0.3 is 30.1 Å². The first-order valence-corrected chi connectivity index (χ1v) is 13.4. The minimum atomic E-state index is 0.239. The van der Waals surface area contributed by atoms with Crippen LogP contribution in [-0.2, 0) is 0 Å². The Bertz CT molecular complexity index is 1680. The Balaban J connectivity index is 0.000000202. The molecule has 5 N–H and O–H groups in total. The van der Waals surface area contributed by atoms with Crippen LogP contribution in [0.5, 0.6) is 23.0 Å². The molecule has 0 saturated carbocycles. The normalized spacial score (nSPS) is 10.8. The number of pyridine rings is 2. The summed E-state index contributed by atoms with van der Waals surface area (Å²) in [4.78, 5) is 13.0. The number of nitrogens with one attached hydrogen (secondary N) is 1. The highest BCUT2D eigenvalue weighted by Gasteiger charge is 2.21. The van der Waals surface area contributed by atoms with Crippen LogP contribution in [0.1, 0.15) is 17.0 Å². The second-order valence-electron chi connectivity index (χ2n) is 9.22. The van der Waals surface area contributed by atoms with E-state index in [2.05, 4.69) is 30.6 Å². The molecule has 0 atom stereocenters. The van der Waals surface area contributed by atoms with E-state index in [1.54, 1.807) is 45.4 Å². The second kappa shape index (κ2) is 14.5. The van der Waals surface area contributed by atoms with Gasteiger partial charge in [0.1, 0.15) is 40.2 Å². The fourth-order valence-electron chi connectivity index (χ4n) is 4.20. The summed E-state index contributed by atoms with van der Waals surface area (Å²) in [6.45, 7) is 3.84. The molecule has 0 aliphatic heterocycles. The first-order valence-electron chi connectivity index (χ1n) is 13.4. The van der Waals surface area contributed by atoms with Gasteiger partial charge in [0.05, 0.1) is 28.4 Å². The van der Waals surface area contributed by atoms with Crippen LogP contribution in [0.15, 0.2) is 78.0 Å². The van der Waals surface area contributed by atoms with E-state index in [0.29, 0.717) is 46.0 Å². The fourth-order valence-corrected chi connectivity index (χ4v) is 4.20. The molecule has 0 amide bonds. The lowest BCUT2D eigenvalue weighted by atomic mass is 10.2. The van der Waals surface area contributed by atoms with Gasteiger partial charge in [-0.1, -0.05) is 12.1 Å². The summed E-state index contributed by atoms with van der Waals surface area (Å²) < 4.78 is 23.2. The largest absolute Gasteiger partial charge is 0.494 e. The van der Waals surface area contributed by atoms with Crippen molar-refractivity contribution in [3.8, 4) is 40.1 Å². The predicted molar refractivity (Wildman–Crippen MR) is 169 cm³/mol. The number of aryl methyl sites for hydroxylation is 2. The Morgan fingerprint density at radius 3 is 1.75 bits per heavy atom. The van der Waals surface area contributed by atoms with Crippen molar-refractivity contribution in [3.63, 3.8) is 0 Å². The molecule has 0 spiro atoms. The third-order valence-electron chi connectivity index (χ3n) is 6.43. The van der Waals surface area contributed by atoms with Crippen LogP contribution in [0, 0.1) is 13.8 Å². The number of benzene rings is 2. The van der Waals surface area contributed by atoms with Crippen LogP contribution < -0.4 is 35.9 Å². The number of para-hydroxylation sites is 2. The van der Waals surface area contributed by atoms with E-state index in [1.165, 1.54) is 0 Å². The standard InChI is InChI=1S/C16H17N5O2.C15H18N4O2/c1-10-7-8-11(9-18-10)15-19-20-16(17)21(15)14-12(22-2)5-4-6-13(14)23-3;1-10-7-8-11(9-17-10)15(19-16)18-14-12(20-2)5-4-6-13(14)21-3/h4-9H,1-3H3,(H2,17,20);4-9H,16H2,1-3H3,(H,18,19). The van der Waals surface area contributed by atoms with Crippen molar-refractivity contribution in [2.45, 2.75) is 13.8 Å². The summed E-state index contributed by atoms with van der Waals surface area (Å²) in [5, 5.41) is 8.17. The number of amidine groups is 1. The molecule has 0 radical (unpaired) electrons. The van der Waals surface area contributed by atoms with Crippen LogP contribution in [0.4, 0.5) is 11.6 Å². The molecular weight excluding hydrogens is 562 g/mol. The number of rotatable bonds is 8. The monoisotopic (exact) mass is 597 g/mol. The number of nitrogens with two attached hydrogens (primary N) is 2. The molecule has 0 aliphatic rings.